The van der Waals surface area contributed by atoms with E-state index in [2.05, 4.69) is 38.3 Å². The highest BCUT2D eigenvalue weighted by molar-refractivity contribution is 5.78. The van der Waals surface area contributed by atoms with Gasteiger partial charge >= 0.3 is 0 Å². The highest BCUT2D eigenvalue weighted by atomic mass is 16.5. The summed E-state index contributed by atoms with van der Waals surface area (Å²) in [4.78, 5) is 24.2. The fourth-order valence-electron chi connectivity index (χ4n) is 3.42. The molecule has 0 atom stereocenters. The van der Waals surface area contributed by atoms with E-state index in [0.717, 1.165) is 33.8 Å². The lowest BCUT2D eigenvalue weighted by Gasteiger charge is -2.15. The summed E-state index contributed by atoms with van der Waals surface area (Å²) < 4.78 is 11.5. The van der Waals surface area contributed by atoms with Crippen molar-refractivity contribution in [2.75, 3.05) is 26.3 Å². The topological polar surface area (TPSA) is 76.7 Å². The largest absolute Gasteiger partial charge is 0.483 e. The van der Waals surface area contributed by atoms with Crippen LogP contribution in [-0.4, -0.2) is 38.1 Å². The minimum atomic E-state index is -0.179. The molecule has 33 heavy (non-hydrogen) atoms. The van der Waals surface area contributed by atoms with Crippen molar-refractivity contribution < 1.29 is 19.1 Å². The number of amides is 2. The molecule has 2 N–H and O–H groups in total. The van der Waals surface area contributed by atoms with E-state index in [1.165, 1.54) is 0 Å². The Morgan fingerprint density at radius 3 is 1.48 bits per heavy atom. The zero-order valence-corrected chi connectivity index (χ0v) is 20.8. The van der Waals surface area contributed by atoms with E-state index in [-0.39, 0.29) is 25.0 Å². The molecule has 0 saturated carbocycles. The average Bonchev–Trinajstić information content (AvgIpc) is 2.75. The molecule has 0 bridgehead atoms. The average molecular weight is 455 g/mol. The fraction of sp³-hybridized carbons (Fsp3) is 0.481. The number of carbonyl (C=O) groups excluding carboxylic acids is 2. The normalized spacial score (nSPS) is 10.9. The number of hydrogen-bond acceptors (Lipinski definition) is 4. The van der Waals surface area contributed by atoms with Crippen molar-refractivity contribution in [3.05, 3.63) is 58.7 Å². The highest BCUT2D eigenvalue weighted by Crippen LogP contribution is 2.28. The standard InChI is InChI=1S/C27H38N2O4/c1-18(2)22-10-8-20(5)14-24(22)32-16-26(30)28-12-7-13-29-27(31)17-33-25-15-21(6)9-11-23(25)19(3)4/h8-11,14-15,18-19H,7,12-13,16-17H2,1-6H3,(H,28,30)(H,29,31). The molecule has 0 radical (unpaired) electrons. The van der Waals surface area contributed by atoms with Crippen LogP contribution in [0.15, 0.2) is 36.4 Å². The van der Waals surface area contributed by atoms with Gasteiger partial charge in [0.2, 0.25) is 0 Å². The molecule has 0 unspecified atom stereocenters. The Kier molecular flexibility index (Phi) is 10.2. The Morgan fingerprint density at radius 2 is 1.12 bits per heavy atom. The molecule has 2 aromatic carbocycles. The maximum atomic E-state index is 12.1. The Morgan fingerprint density at radius 1 is 0.727 bits per heavy atom. The molecule has 0 heterocycles. The lowest BCUT2D eigenvalue weighted by molar-refractivity contribution is -0.123. The molecule has 0 aliphatic rings. The predicted molar refractivity (Wildman–Crippen MR) is 132 cm³/mol. The third kappa shape index (κ3) is 8.79. The van der Waals surface area contributed by atoms with E-state index in [1.807, 2.05) is 50.2 Å². The van der Waals surface area contributed by atoms with Crippen molar-refractivity contribution in [1.29, 1.82) is 0 Å². The molecule has 6 heteroatoms. The van der Waals surface area contributed by atoms with Gasteiger partial charge in [-0.15, -0.1) is 0 Å². The summed E-state index contributed by atoms with van der Waals surface area (Å²) in [7, 11) is 0. The zero-order valence-electron chi connectivity index (χ0n) is 20.8. The molecular weight excluding hydrogens is 416 g/mol. The van der Waals surface area contributed by atoms with Crippen LogP contribution in [0.25, 0.3) is 0 Å². The summed E-state index contributed by atoms with van der Waals surface area (Å²) in [5, 5.41) is 5.65. The Labute approximate surface area is 198 Å². The van der Waals surface area contributed by atoms with E-state index < -0.39 is 0 Å². The minimum Gasteiger partial charge on any atom is -0.483 e. The van der Waals surface area contributed by atoms with Gasteiger partial charge in [-0.05, 0) is 66.5 Å². The third-order valence-corrected chi connectivity index (χ3v) is 5.30. The van der Waals surface area contributed by atoms with E-state index >= 15 is 0 Å². The first-order valence-electron chi connectivity index (χ1n) is 11.7. The molecule has 0 fully saturated rings. The molecule has 0 aromatic heterocycles. The van der Waals surface area contributed by atoms with Crippen molar-refractivity contribution in [3.8, 4) is 11.5 Å². The lowest BCUT2D eigenvalue weighted by Crippen LogP contribution is -2.34. The molecule has 2 aromatic rings. The second kappa shape index (κ2) is 12.9. The first-order valence-corrected chi connectivity index (χ1v) is 11.7. The number of carbonyl (C=O) groups is 2. The van der Waals surface area contributed by atoms with E-state index in [9.17, 15) is 9.59 Å². The Hall–Kier alpha value is -3.02. The summed E-state index contributed by atoms with van der Waals surface area (Å²) in [6.07, 6.45) is 0.626. The number of ether oxygens (including phenoxy) is 2. The molecular formula is C27H38N2O4. The van der Waals surface area contributed by atoms with Crippen LogP contribution in [-0.2, 0) is 9.59 Å². The van der Waals surface area contributed by atoms with Gasteiger partial charge in [0.25, 0.3) is 11.8 Å². The van der Waals surface area contributed by atoms with Gasteiger partial charge < -0.3 is 20.1 Å². The number of benzene rings is 2. The summed E-state index contributed by atoms with van der Waals surface area (Å²) in [5.41, 5.74) is 4.36. The van der Waals surface area contributed by atoms with Crippen LogP contribution >= 0.6 is 0 Å². The predicted octanol–water partition coefficient (Wildman–Crippen LogP) is 4.63. The van der Waals surface area contributed by atoms with Gasteiger partial charge in [-0.3, -0.25) is 9.59 Å². The zero-order chi connectivity index (χ0) is 24.4. The van der Waals surface area contributed by atoms with Crippen LogP contribution in [0.5, 0.6) is 11.5 Å². The van der Waals surface area contributed by atoms with Crippen LogP contribution in [0.2, 0.25) is 0 Å². The summed E-state index contributed by atoms with van der Waals surface area (Å²) in [6, 6.07) is 12.1. The molecule has 0 saturated heterocycles. The van der Waals surface area contributed by atoms with Gasteiger partial charge in [0.15, 0.2) is 13.2 Å². The van der Waals surface area contributed by atoms with Crippen molar-refractivity contribution in [2.24, 2.45) is 0 Å². The highest BCUT2D eigenvalue weighted by Gasteiger charge is 2.11. The van der Waals surface area contributed by atoms with Crippen molar-refractivity contribution in [3.63, 3.8) is 0 Å². The Balaban J connectivity index is 1.66. The van der Waals surface area contributed by atoms with Crippen LogP contribution in [0.1, 0.15) is 68.2 Å². The van der Waals surface area contributed by atoms with Crippen LogP contribution < -0.4 is 20.1 Å². The summed E-state index contributed by atoms with van der Waals surface area (Å²) in [6.45, 7) is 13.3. The number of rotatable bonds is 12. The quantitative estimate of drug-likeness (QED) is 0.459. The Bertz CT molecular complexity index is 862. The van der Waals surface area contributed by atoms with Crippen LogP contribution in [0.3, 0.4) is 0 Å². The molecule has 0 spiro atoms. The molecule has 6 nitrogen and oxygen atoms in total. The van der Waals surface area contributed by atoms with Gasteiger partial charge in [0.1, 0.15) is 11.5 Å². The summed E-state index contributed by atoms with van der Waals surface area (Å²) in [5.74, 6) is 1.78. The first-order chi connectivity index (χ1) is 15.7. The second-order valence-electron chi connectivity index (χ2n) is 9.02. The van der Waals surface area contributed by atoms with Gasteiger partial charge in [-0.2, -0.15) is 0 Å². The molecule has 0 aliphatic heterocycles. The summed E-state index contributed by atoms with van der Waals surface area (Å²) >= 11 is 0. The van der Waals surface area contributed by atoms with E-state index in [4.69, 9.17) is 9.47 Å². The molecule has 180 valence electrons. The van der Waals surface area contributed by atoms with Gasteiger partial charge in [-0.25, -0.2) is 0 Å². The maximum absolute atomic E-state index is 12.1. The van der Waals surface area contributed by atoms with Gasteiger partial charge in [-0.1, -0.05) is 52.0 Å². The van der Waals surface area contributed by atoms with Gasteiger partial charge in [0.05, 0.1) is 0 Å². The van der Waals surface area contributed by atoms with Crippen LogP contribution in [0.4, 0.5) is 0 Å². The lowest BCUT2D eigenvalue weighted by atomic mass is 10.0. The van der Waals surface area contributed by atoms with Crippen molar-refractivity contribution in [1.82, 2.24) is 10.6 Å². The van der Waals surface area contributed by atoms with Crippen LogP contribution in [0, 0.1) is 13.8 Å². The van der Waals surface area contributed by atoms with E-state index in [1.54, 1.807) is 0 Å². The second-order valence-corrected chi connectivity index (χ2v) is 9.02. The number of aryl methyl sites for hydroxylation is 2. The first kappa shape index (κ1) is 26.2. The SMILES string of the molecule is Cc1ccc(C(C)C)c(OCC(=O)NCCCNC(=O)COc2cc(C)ccc2C(C)C)c1. The minimum absolute atomic E-state index is 0.0297. The number of hydrogen-bond donors (Lipinski definition) is 2. The van der Waals surface area contributed by atoms with Gasteiger partial charge in [0, 0.05) is 13.1 Å². The third-order valence-electron chi connectivity index (χ3n) is 5.30. The van der Waals surface area contributed by atoms with Crippen molar-refractivity contribution >= 4 is 11.8 Å². The van der Waals surface area contributed by atoms with E-state index in [0.29, 0.717) is 31.3 Å². The smallest absolute Gasteiger partial charge is 0.257 e. The van der Waals surface area contributed by atoms with Crippen molar-refractivity contribution in [2.45, 2.75) is 59.8 Å². The molecule has 2 rings (SSSR count). The monoisotopic (exact) mass is 454 g/mol. The number of nitrogens with one attached hydrogen (secondary N) is 2. The maximum Gasteiger partial charge on any atom is 0.257 e. The molecule has 2 amide bonds. The molecule has 0 aliphatic carbocycles. The fourth-order valence-corrected chi connectivity index (χ4v) is 3.42.